The lowest BCUT2D eigenvalue weighted by atomic mass is 10.2. The topological polar surface area (TPSA) is 97.9 Å². The summed E-state index contributed by atoms with van der Waals surface area (Å²) < 4.78 is 20.3. The summed E-state index contributed by atoms with van der Waals surface area (Å²) in [4.78, 5) is 11.9. The molecule has 0 aliphatic heterocycles. The number of halogens is 1. The molecule has 1 aromatic carbocycles. The molecule has 3 rings (SSSR count). The van der Waals surface area contributed by atoms with Crippen LogP contribution < -0.4 is 10.6 Å². The van der Waals surface area contributed by atoms with Crippen LogP contribution in [0.4, 0.5) is 14.9 Å². The first kappa shape index (κ1) is 14.7. The van der Waals surface area contributed by atoms with Gasteiger partial charge in [-0.2, -0.15) is 4.68 Å². The number of tetrazole rings is 1. The summed E-state index contributed by atoms with van der Waals surface area (Å²) >= 11 is 0. The summed E-state index contributed by atoms with van der Waals surface area (Å²) in [5, 5.41) is 16.1. The number of aryl methyl sites for hydroxylation is 1. The van der Waals surface area contributed by atoms with Crippen LogP contribution in [0.15, 0.2) is 41.0 Å². The Morgan fingerprint density at radius 3 is 2.96 bits per heavy atom. The van der Waals surface area contributed by atoms with Crippen molar-refractivity contribution in [1.29, 1.82) is 0 Å². The molecule has 0 unspecified atom stereocenters. The van der Waals surface area contributed by atoms with Gasteiger partial charge in [0.25, 0.3) is 0 Å². The van der Waals surface area contributed by atoms with E-state index in [1.54, 1.807) is 19.1 Å². The van der Waals surface area contributed by atoms with Crippen LogP contribution in [0.25, 0.3) is 5.69 Å². The van der Waals surface area contributed by atoms with Gasteiger partial charge in [0.1, 0.15) is 17.3 Å². The predicted molar refractivity (Wildman–Crippen MR) is 78.4 cm³/mol. The van der Waals surface area contributed by atoms with Crippen molar-refractivity contribution in [3.8, 4) is 5.69 Å². The highest BCUT2D eigenvalue weighted by Crippen LogP contribution is 2.18. The lowest BCUT2D eigenvalue weighted by Gasteiger charge is -2.09. The van der Waals surface area contributed by atoms with Crippen molar-refractivity contribution < 1.29 is 13.6 Å². The fourth-order valence-electron chi connectivity index (χ4n) is 1.96. The molecule has 118 valence electrons. The molecule has 3 aromatic rings. The van der Waals surface area contributed by atoms with E-state index in [1.165, 1.54) is 29.1 Å². The molecule has 0 aliphatic rings. The van der Waals surface area contributed by atoms with Crippen molar-refractivity contribution in [2.24, 2.45) is 0 Å². The maximum atomic E-state index is 13.9. The van der Waals surface area contributed by atoms with Crippen molar-refractivity contribution >= 4 is 11.7 Å². The summed E-state index contributed by atoms with van der Waals surface area (Å²) in [5.74, 6) is 0.564. The number of hydrogen-bond acceptors (Lipinski definition) is 5. The Kier molecular flexibility index (Phi) is 4.00. The minimum atomic E-state index is -0.498. The van der Waals surface area contributed by atoms with Gasteiger partial charge < -0.3 is 15.1 Å². The number of nitrogens with zero attached hydrogens (tertiary/aromatic N) is 4. The van der Waals surface area contributed by atoms with Gasteiger partial charge in [-0.05, 0) is 47.7 Å². The molecule has 23 heavy (non-hydrogen) atoms. The van der Waals surface area contributed by atoms with E-state index in [0.717, 1.165) is 0 Å². The van der Waals surface area contributed by atoms with Crippen LogP contribution in [0.1, 0.15) is 11.6 Å². The van der Waals surface area contributed by atoms with E-state index in [1.807, 2.05) is 0 Å². The first-order chi connectivity index (χ1) is 11.1. The molecule has 2 aromatic heterocycles. The molecule has 2 amide bonds. The minimum Gasteiger partial charge on any atom is -0.467 e. The molecule has 8 nitrogen and oxygen atoms in total. The van der Waals surface area contributed by atoms with Gasteiger partial charge >= 0.3 is 6.03 Å². The van der Waals surface area contributed by atoms with Gasteiger partial charge in [-0.3, -0.25) is 0 Å². The van der Waals surface area contributed by atoms with Crippen molar-refractivity contribution in [1.82, 2.24) is 25.5 Å². The number of carbonyl (C=O) groups is 1. The second-order valence-corrected chi connectivity index (χ2v) is 4.69. The highest BCUT2D eigenvalue weighted by molar-refractivity contribution is 5.89. The normalized spacial score (nSPS) is 10.5. The predicted octanol–water partition coefficient (Wildman–Crippen LogP) is 2.02. The van der Waals surface area contributed by atoms with Crippen LogP contribution >= 0.6 is 0 Å². The molecule has 0 bridgehead atoms. The van der Waals surface area contributed by atoms with E-state index >= 15 is 0 Å². The van der Waals surface area contributed by atoms with Crippen molar-refractivity contribution in [3.63, 3.8) is 0 Å². The maximum Gasteiger partial charge on any atom is 0.319 e. The van der Waals surface area contributed by atoms with Gasteiger partial charge in [-0.15, -0.1) is 5.10 Å². The number of furan rings is 1. The van der Waals surface area contributed by atoms with E-state index in [9.17, 15) is 9.18 Å². The molecule has 0 atom stereocenters. The molecular formula is C14H13FN6O2. The summed E-state index contributed by atoms with van der Waals surface area (Å²) in [6.45, 7) is 1.90. The molecule has 0 saturated carbocycles. The smallest absolute Gasteiger partial charge is 0.319 e. The number of hydrogen-bond donors (Lipinski definition) is 2. The second kappa shape index (κ2) is 6.26. The number of rotatable bonds is 4. The third-order valence-electron chi connectivity index (χ3n) is 3.06. The van der Waals surface area contributed by atoms with Crippen LogP contribution in [-0.4, -0.2) is 26.2 Å². The molecule has 0 radical (unpaired) electrons. The van der Waals surface area contributed by atoms with Gasteiger partial charge in [-0.1, -0.05) is 0 Å². The Morgan fingerprint density at radius 2 is 2.26 bits per heavy atom. The van der Waals surface area contributed by atoms with E-state index in [4.69, 9.17) is 4.42 Å². The molecule has 2 N–H and O–H groups in total. The second-order valence-electron chi connectivity index (χ2n) is 4.69. The van der Waals surface area contributed by atoms with E-state index in [2.05, 4.69) is 26.2 Å². The monoisotopic (exact) mass is 316 g/mol. The van der Waals surface area contributed by atoms with E-state index < -0.39 is 11.8 Å². The lowest BCUT2D eigenvalue weighted by molar-refractivity contribution is 0.251. The SMILES string of the molecule is Cc1nnnn1-c1cc(NC(=O)NCc2ccco2)ccc1F. The molecule has 2 heterocycles. The lowest BCUT2D eigenvalue weighted by Crippen LogP contribution is -2.28. The number of amides is 2. The first-order valence-electron chi connectivity index (χ1n) is 6.75. The number of urea groups is 1. The van der Waals surface area contributed by atoms with Gasteiger partial charge in [-0.25, -0.2) is 9.18 Å². The van der Waals surface area contributed by atoms with Crippen LogP contribution in [0.2, 0.25) is 0 Å². The average molecular weight is 316 g/mol. The molecule has 0 spiro atoms. The van der Waals surface area contributed by atoms with Crippen LogP contribution in [0.5, 0.6) is 0 Å². The molecular weight excluding hydrogens is 303 g/mol. The fraction of sp³-hybridized carbons (Fsp3) is 0.143. The summed E-state index contributed by atoms with van der Waals surface area (Å²) in [7, 11) is 0. The van der Waals surface area contributed by atoms with Gasteiger partial charge in [0.2, 0.25) is 0 Å². The standard InChI is InChI=1S/C14H13FN6O2/c1-9-18-19-20-21(9)13-7-10(4-5-12(13)15)17-14(22)16-8-11-3-2-6-23-11/h2-7H,8H2,1H3,(H2,16,17,22). The zero-order chi connectivity index (χ0) is 16.2. The summed E-state index contributed by atoms with van der Waals surface area (Å²) in [5.41, 5.74) is 0.560. The highest BCUT2D eigenvalue weighted by Gasteiger charge is 2.11. The van der Waals surface area contributed by atoms with E-state index in [-0.39, 0.29) is 12.2 Å². The Hall–Kier alpha value is -3.23. The molecule has 0 aliphatic carbocycles. The maximum absolute atomic E-state index is 13.9. The number of aromatic nitrogens is 4. The highest BCUT2D eigenvalue weighted by atomic mass is 19.1. The Bertz CT molecular complexity index is 815. The van der Waals surface area contributed by atoms with Gasteiger partial charge in [0, 0.05) is 5.69 Å². The van der Waals surface area contributed by atoms with Crippen LogP contribution in [0, 0.1) is 12.7 Å². The fourth-order valence-corrected chi connectivity index (χ4v) is 1.96. The number of nitrogens with one attached hydrogen (secondary N) is 2. The first-order valence-corrected chi connectivity index (χ1v) is 6.75. The molecule has 9 heteroatoms. The van der Waals surface area contributed by atoms with Gasteiger partial charge in [0.15, 0.2) is 5.82 Å². The van der Waals surface area contributed by atoms with E-state index in [0.29, 0.717) is 17.3 Å². The third kappa shape index (κ3) is 3.34. The zero-order valence-electron chi connectivity index (χ0n) is 12.2. The largest absolute Gasteiger partial charge is 0.467 e. The molecule has 0 fully saturated rings. The minimum absolute atomic E-state index is 0.149. The Balaban J connectivity index is 1.71. The van der Waals surface area contributed by atoms with Crippen molar-refractivity contribution in [3.05, 3.63) is 54.0 Å². The molecule has 0 saturated heterocycles. The van der Waals surface area contributed by atoms with Crippen LogP contribution in [-0.2, 0) is 6.54 Å². The zero-order valence-corrected chi connectivity index (χ0v) is 12.2. The number of carbonyl (C=O) groups excluding carboxylic acids is 1. The van der Waals surface area contributed by atoms with Gasteiger partial charge in [0.05, 0.1) is 12.8 Å². The summed E-state index contributed by atoms with van der Waals surface area (Å²) in [6.07, 6.45) is 1.52. The quantitative estimate of drug-likeness (QED) is 0.767. The Morgan fingerprint density at radius 1 is 1.39 bits per heavy atom. The van der Waals surface area contributed by atoms with Crippen LogP contribution in [0.3, 0.4) is 0 Å². The number of anilines is 1. The average Bonchev–Trinajstić information content (AvgIpc) is 3.19. The van der Waals surface area contributed by atoms with Crippen molar-refractivity contribution in [2.45, 2.75) is 13.5 Å². The Labute approximate surface area is 130 Å². The third-order valence-corrected chi connectivity index (χ3v) is 3.06. The summed E-state index contributed by atoms with van der Waals surface area (Å²) in [6, 6.07) is 7.17. The van der Waals surface area contributed by atoms with Crippen molar-refractivity contribution in [2.75, 3.05) is 5.32 Å². The number of benzene rings is 1.